The molecule has 70 valence electrons. The smallest absolute Gasteiger partial charge is 0.323 e. The highest BCUT2D eigenvalue weighted by Gasteiger charge is 2.36. The van der Waals surface area contributed by atoms with Gasteiger partial charge in [0.25, 0.3) is 0 Å². The third-order valence-corrected chi connectivity index (χ3v) is 1.96. The summed E-state index contributed by atoms with van der Waals surface area (Å²) in [6.07, 6.45) is 0. The van der Waals surface area contributed by atoms with Crippen LogP contribution in [0.4, 0.5) is 0 Å². The molecule has 0 spiro atoms. The molecule has 5 heteroatoms. The van der Waals surface area contributed by atoms with Crippen LogP contribution in [0.3, 0.4) is 0 Å². The van der Waals surface area contributed by atoms with Gasteiger partial charge in [0.1, 0.15) is 6.04 Å². The van der Waals surface area contributed by atoms with Crippen LogP contribution in [-0.2, 0) is 14.3 Å². The lowest BCUT2D eigenvalue weighted by atomic mass is 10.0. The topological polar surface area (TPSA) is 55.4 Å². The summed E-state index contributed by atoms with van der Waals surface area (Å²) in [6, 6.07) is -0.438. The summed E-state index contributed by atoms with van der Waals surface area (Å²) >= 11 is 0. The number of hydrogen-bond donors (Lipinski definition) is 1. The van der Waals surface area contributed by atoms with Crippen molar-refractivity contribution in [3.05, 3.63) is 0 Å². The predicted molar refractivity (Wildman–Crippen MR) is 48.4 cm³/mol. The number of carbonyl (C=O) groups is 2. The average Bonchev–Trinajstić information content (AvgIpc) is 2.32. The second-order valence-electron chi connectivity index (χ2n) is 2.64. The van der Waals surface area contributed by atoms with Gasteiger partial charge in [-0.2, -0.15) is 13.5 Å². The molecule has 0 amide bonds. The van der Waals surface area contributed by atoms with Crippen LogP contribution in [-0.4, -0.2) is 31.4 Å². The van der Waals surface area contributed by atoms with Crippen molar-refractivity contribution in [3.63, 3.8) is 0 Å². The first kappa shape index (κ1) is 11.4. The monoisotopic (exact) mass is 191 g/mol. The Labute approximate surface area is 78.1 Å². The summed E-state index contributed by atoms with van der Waals surface area (Å²) in [5, 5.41) is 2.78. The second kappa shape index (κ2) is 4.47. The van der Waals surface area contributed by atoms with Crippen LogP contribution in [0.5, 0.6) is 0 Å². The molecule has 1 rings (SSSR count). The Morgan fingerprint density at radius 3 is 2.58 bits per heavy atom. The third kappa shape index (κ3) is 1.98. The number of nitrogens with one attached hydrogen (secondary N) is 1. The summed E-state index contributed by atoms with van der Waals surface area (Å²) in [5.74, 6) is -0.536. The Morgan fingerprint density at radius 1 is 1.67 bits per heavy atom. The first-order valence-corrected chi connectivity index (χ1v) is 3.50. The maximum atomic E-state index is 10.9. The zero-order valence-electron chi connectivity index (χ0n) is 7.09. The highest BCUT2D eigenvalue weighted by atomic mass is 32.1. The van der Waals surface area contributed by atoms with Crippen LogP contribution < -0.4 is 5.32 Å². The second-order valence-corrected chi connectivity index (χ2v) is 2.64. The van der Waals surface area contributed by atoms with E-state index >= 15 is 0 Å². The Kier molecular flexibility index (Phi) is 4.26. The minimum Gasteiger partial charge on any atom is -0.468 e. The van der Waals surface area contributed by atoms with E-state index in [-0.39, 0.29) is 37.7 Å². The SMILES string of the molecule is COC(=O)[C@H]1NCC(=O)C1C.S. The minimum absolute atomic E-state index is 0. The lowest BCUT2D eigenvalue weighted by Crippen LogP contribution is -2.35. The Balaban J connectivity index is 0.00000121. The fourth-order valence-corrected chi connectivity index (χ4v) is 1.15. The maximum Gasteiger partial charge on any atom is 0.323 e. The zero-order valence-corrected chi connectivity index (χ0v) is 8.09. The van der Waals surface area contributed by atoms with Crippen LogP contribution in [0.15, 0.2) is 0 Å². The van der Waals surface area contributed by atoms with Gasteiger partial charge in [0.15, 0.2) is 5.78 Å². The van der Waals surface area contributed by atoms with Crippen molar-refractivity contribution in [2.45, 2.75) is 13.0 Å². The van der Waals surface area contributed by atoms with Crippen LogP contribution in [0.25, 0.3) is 0 Å². The van der Waals surface area contributed by atoms with Crippen molar-refractivity contribution in [1.82, 2.24) is 5.32 Å². The third-order valence-electron chi connectivity index (χ3n) is 1.96. The van der Waals surface area contributed by atoms with Gasteiger partial charge < -0.3 is 4.74 Å². The van der Waals surface area contributed by atoms with E-state index in [4.69, 9.17) is 0 Å². The molecule has 0 saturated carbocycles. The van der Waals surface area contributed by atoms with E-state index in [9.17, 15) is 9.59 Å². The van der Waals surface area contributed by atoms with Crippen LogP contribution in [0.1, 0.15) is 6.92 Å². The quantitative estimate of drug-likeness (QED) is 0.565. The molecule has 1 saturated heterocycles. The standard InChI is InChI=1S/C7H11NO3.H2S/c1-4-5(9)3-8-6(4)7(10)11-2;/h4,6,8H,3H2,1-2H3;1H2/t4?,6-;/m0./s1. The number of ketones is 1. The van der Waals surface area contributed by atoms with Gasteiger partial charge in [0.05, 0.1) is 13.7 Å². The van der Waals surface area contributed by atoms with E-state index in [1.807, 2.05) is 0 Å². The number of esters is 1. The maximum absolute atomic E-state index is 10.9. The van der Waals surface area contributed by atoms with Gasteiger partial charge in [-0.25, -0.2) is 0 Å². The predicted octanol–water partition coefficient (Wildman–Crippen LogP) is -0.551. The Morgan fingerprint density at radius 2 is 2.25 bits per heavy atom. The van der Waals surface area contributed by atoms with Gasteiger partial charge in [-0.05, 0) is 0 Å². The van der Waals surface area contributed by atoms with Crippen molar-refractivity contribution in [2.24, 2.45) is 5.92 Å². The molecule has 0 aromatic carbocycles. The van der Waals surface area contributed by atoms with E-state index < -0.39 is 6.04 Å². The summed E-state index contributed by atoms with van der Waals surface area (Å²) in [5.41, 5.74) is 0. The van der Waals surface area contributed by atoms with Crippen LogP contribution in [0.2, 0.25) is 0 Å². The number of ether oxygens (including phenoxy) is 1. The van der Waals surface area contributed by atoms with Crippen molar-refractivity contribution >= 4 is 25.2 Å². The molecular formula is C7H13NO3S. The highest BCUT2D eigenvalue weighted by Crippen LogP contribution is 2.11. The van der Waals surface area contributed by atoms with Crippen LogP contribution >= 0.6 is 13.5 Å². The highest BCUT2D eigenvalue weighted by molar-refractivity contribution is 7.59. The van der Waals surface area contributed by atoms with Crippen molar-refractivity contribution in [3.8, 4) is 0 Å². The van der Waals surface area contributed by atoms with Gasteiger partial charge in [0, 0.05) is 5.92 Å². The molecule has 1 heterocycles. The minimum atomic E-state index is -0.438. The van der Waals surface area contributed by atoms with E-state index in [1.165, 1.54) is 7.11 Å². The first-order valence-electron chi connectivity index (χ1n) is 3.50. The van der Waals surface area contributed by atoms with Gasteiger partial charge in [0.2, 0.25) is 0 Å². The van der Waals surface area contributed by atoms with E-state index in [0.717, 1.165) is 0 Å². The van der Waals surface area contributed by atoms with Gasteiger partial charge >= 0.3 is 5.97 Å². The molecule has 0 bridgehead atoms. The van der Waals surface area contributed by atoms with Crippen molar-refractivity contribution in [2.75, 3.05) is 13.7 Å². The summed E-state index contributed by atoms with van der Waals surface area (Å²) < 4.78 is 4.50. The number of Topliss-reactive ketones (excluding diaryl/α,β-unsaturated/α-hetero) is 1. The number of carbonyl (C=O) groups excluding carboxylic acids is 2. The molecule has 12 heavy (non-hydrogen) atoms. The molecule has 1 unspecified atom stereocenters. The lowest BCUT2D eigenvalue weighted by molar-refractivity contribution is -0.144. The molecule has 2 atom stereocenters. The molecule has 0 aromatic heterocycles. The molecule has 1 aliphatic rings. The molecule has 4 nitrogen and oxygen atoms in total. The fraction of sp³-hybridized carbons (Fsp3) is 0.714. The van der Waals surface area contributed by atoms with E-state index in [1.54, 1.807) is 6.92 Å². The number of methoxy groups -OCH3 is 1. The zero-order chi connectivity index (χ0) is 8.43. The summed E-state index contributed by atoms with van der Waals surface area (Å²) in [6.45, 7) is 2.00. The molecular weight excluding hydrogens is 178 g/mol. The van der Waals surface area contributed by atoms with E-state index in [0.29, 0.717) is 0 Å². The fourth-order valence-electron chi connectivity index (χ4n) is 1.15. The van der Waals surface area contributed by atoms with Crippen LogP contribution in [0, 0.1) is 5.92 Å². The summed E-state index contributed by atoms with van der Waals surface area (Å²) in [4.78, 5) is 21.9. The number of hydrogen-bond acceptors (Lipinski definition) is 4. The molecule has 1 aliphatic heterocycles. The average molecular weight is 191 g/mol. The van der Waals surface area contributed by atoms with Gasteiger partial charge in [-0.1, -0.05) is 6.92 Å². The molecule has 0 aromatic rings. The normalized spacial score (nSPS) is 28.0. The van der Waals surface area contributed by atoms with Gasteiger partial charge in [-0.3, -0.25) is 14.9 Å². The van der Waals surface area contributed by atoms with Crippen molar-refractivity contribution < 1.29 is 14.3 Å². The molecule has 1 fully saturated rings. The first-order chi connectivity index (χ1) is 5.16. The lowest BCUT2D eigenvalue weighted by Gasteiger charge is -2.10. The summed E-state index contributed by atoms with van der Waals surface area (Å²) in [7, 11) is 1.32. The largest absolute Gasteiger partial charge is 0.468 e. The molecule has 1 N–H and O–H groups in total. The molecule has 0 aliphatic carbocycles. The number of rotatable bonds is 1. The Hall–Kier alpha value is -0.550. The van der Waals surface area contributed by atoms with Gasteiger partial charge in [-0.15, -0.1) is 0 Å². The van der Waals surface area contributed by atoms with Crippen molar-refractivity contribution in [1.29, 1.82) is 0 Å². The molecule has 0 radical (unpaired) electrons. The van der Waals surface area contributed by atoms with E-state index in [2.05, 4.69) is 10.1 Å². The Bertz CT molecular complexity index is 195.